The number of anilines is 1. The summed E-state index contributed by atoms with van der Waals surface area (Å²) in [6, 6.07) is 6.21. The molecule has 3 aromatic heterocycles. The molecule has 0 bridgehead atoms. The quantitative estimate of drug-likeness (QED) is 0.482. The van der Waals surface area contributed by atoms with E-state index < -0.39 is 6.55 Å². The molecular weight excluding hydrogens is 415 g/mol. The average Bonchev–Trinajstić information content (AvgIpc) is 3.44. The predicted octanol–water partition coefficient (Wildman–Crippen LogP) is 3.51. The molecule has 5 rings (SSSR count). The Hall–Kier alpha value is -2.92. The van der Waals surface area contributed by atoms with Crippen molar-refractivity contribution in [2.45, 2.75) is 13.1 Å². The lowest BCUT2D eigenvalue weighted by molar-refractivity contribution is 0.0637. The second-order valence-corrected chi connectivity index (χ2v) is 7.97. The van der Waals surface area contributed by atoms with Crippen LogP contribution < -0.4 is 4.90 Å². The van der Waals surface area contributed by atoms with E-state index in [2.05, 4.69) is 24.9 Å². The van der Waals surface area contributed by atoms with Crippen LogP contribution in [0.1, 0.15) is 12.4 Å². The first-order valence-corrected chi connectivity index (χ1v) is 10.3. The number of fused-ring (bicyclic) bond motifs is 1. The van der Waals surface area contributed by atoms with E-state index in [-0.39, 0.29) is 5.82 Å². The van der Waals surface area contributed by atoms with Crippen LogP contribution in [-0.2, 0) is 6.54 Å². The fraction of sp³-hybridized carbons (Fsp3) is 0.316. The molecule has 0 atom stereocenters. The highest BCUT2D eigenvalue weighted by Crippen LogP contribution is 2.27. The third-order valence-corrected chi connectivity index (χ3v) is 6.12. The van der Waals surface area contributed by atoms with Crippen LogP contribution in [-0.4, -0.2) is 55.2 Å². The van der Waals surface area contributed by atoms with Gasteiger partial charge in [0.25, 0.3) is 0 Å². The maximum absolute atomic E-state index is 13.1. The molecule has 0 unspecified atom stereocenters. The number of rotatable bonds is 5. The van der Waals surface area contributed by atoms with E-state index >= 15 is 0 Å². The van der Waals surface area contributed by atoms with Gasteiger partial charge in [-0.15, -0.1) is 5.10 Å². The summed E-state index contributed by atoms with van der Waals surface area (Å²) in [5, 5.41) is 5.50. The molecule has 0 amide bonds. The summed E-state index contributed by atoms with van der Waals surface area (Å²) in [4.78, 5) is 13.7. The van der Waals surface area contributed by atoms with Crippen molar-refractivity contribution < 1.29 is 13.2 Å². The third kappa shape index (κ3) is 3.65. The maximum Gasteiger partial charge on any atom is 0.319 e. The Morgan fingerprint density at radius 2 is 1.83 bits per heavy atom. The number of imidazole rings is 2. The highest BCUT2D eigenvalue weighted by Gasteiger charge is 2.23. The molecule has 7 nitrogen and oxygen atoms in total. The van der Waals surface area contributed by atoms with Gasteiger partial charge in [0.2, 0.25) is 10.1 Å². The van der Waals surface area contributed by atoms with Crippen LogP contribution in [0.4, 0.5) is 18.3 Å². The standard InChI is InChI=1S/C19H18F3N7S/c20-14-3-1-13(2-4-14)15-11-29-18(24-15)30-19(25-29)27-9-7-26(8-10-27)12-16-23-5-6-28(16)17(21)22/h1-6,11,17H,7-10,12H2. The molecule has 1 aliphatic heterocycles. The fourth-order valence-electron chi connectivity index (χ4n) is 3.52. The molecule has 0 spiro atoms. The van der Waals surface area contributed by atoms with E-state index in [1.165, 1.54) is 35.9 Å². The molecule has 30 heavy (non-hydrogen) atoms. The minimum absolute atomic E-state index is 0.280. The predicted molar refractivity (Wildman–Crippen MR) is 107 cm³/mol. The highest BCUT2D eigenvalue weighted by molar-refractivity contribution is 7.20. The first kappa shape index (κ1) is 19.1. The lowest BCUT2D eigenvalue weighted by Crippen LogP contribution is -2.46. The average molecular weight is 433 g/mol. The molecular formula is C19H18F3N7S. The van der Waals surface area contributed by atoms with Crippen LogP contribution in [0.15, 0.2) is 42.9 Å². The number of hydrogen-bond acceptors (Lipinski definition) is 6. The van der Waals surface area contributed by atoms with Gasteiger partial charge in [-0.25, -0.2) is 18.9 Å². The van der Waals surface area contributed by atoms with Gasteiger partial charge >= 0.3 is 6.55 Å². The van der Waals surface area contributed by atoms with Gasteiger partial charge in [-0.2, -0.15) is 8.78 Å². The number of benzene rings is 1. The zero-order chi connectivity index (χ0) is 20.7. The Morgan fingerprint density at radius 3 is 2.53 bits per heavy atom. The van der Waals surface area contributed by atoms with Gasteiger partial charge in [-0.3, -0.25) is 9.47 Å². The Balaban J connectivity index is 1.24. The second-order valence-electron chi connectivity index (χ2n) is 7.04. The Morgan fingerprint density at radius 1 is 1.07 bits per heavy atom. The van der Waals surface area contributed by atoms with Crippen molar-refractivity contribution in [3.8, 4) is 11.3 Å². The SMILES string of the molecule is Fc1ccc(-c2cn3nc(N4CCN(Cc5nccn5C(F)F)CC4)sc3n2)cc1. The summed E-state index contributed by atoms with van der Waals surface area (Å²) in [7, 11) is 0. The van der Waals surface area contributed by atoms with Crippen LogP contribution >= 0.6 is 11.3 Å². The molecule has 0 saturated carbocycles. The number of aromatic nitrogens is 5. The molecule has 0 N–H and O–H groups in total. The van der Waals surface area contributed by atoms with Crippen LogP contribution in [0.2, 0.25) is 0 Å². The van der Waals surface area contributed by atoms with Gasteiger partial charge in [0.15, 0.2) is 0 Å². The topological polar surface area (TPSA) is 54.5 Å². The smallest absolute Gasteiger partial charge is 0.319 e. The number of nitrogens with zero attached hydrogens (tertiary/aromatic N) is 7. The fourth-order valence-corrected chi connectivity index (χ4v) is 4.45. The first-order valence-electron chi connectivity index (χ1n) is 9.46. The molecule has 11 heteroatoms. The first-order chi connectivity index (χ1) is 14.6. The second kappa shape index (κ2) is 7.73. The number of halogens is 3. The molecule has 1 saturated heterocycles. The van der Waals surface area contributed by atoms with E-state index in [1.807, 2.05) is 6.20 Å². The minimum atomic E-state index is -2.57. The lowest BCUT2D eigenvalue weighted by Gasteiger charge is -2.34. The molecule has 0 aliphatic carbocycles. The van der Waals surface area contributed by atoms with Crippen LogP contribution in [0, 0.1) is 5.82 Å². The zero-order valence-electron chi connectivity index (χ0n) is 15.8. The van der Waals surface area contributed by atoms with Crippen molar-refractivity contribution in [2.24, 2.45) is 0 Å². The molecule has 156 valence electrons. The van der Waals surface area contributed by atoms with E-state index in [9.17, 15) is 13.2 Å². The normalized spacial score (nSPS) is 15.5. The third-order valence-electron chi connectivity index (χ3n) is 5.14. The van der Waals surface area contributed by atoms with Gasteiger partial charge in [0.1, 0.15) is 11.6 Å². The molecule has 1 aromatic carbocycles. The Kier molecular flexibility index (Phi) is 4.91. The van der Waals surface area contributed by atoms with E-state index in [0.717, 1.165) is 52.1 Å². The van der Waals surface area contributed by atoms with Gasteiger partial charge < -0.3 is 4.90 Å². The van der Waals surface area contributed by atoms with Gasteiger partial charge in [0, 0.05) is 44.1 Å². The van der Waals surface area contributed by atoms with Crippen molar-refractivity contribution in [1.29, 1.82) is 0 Å². The van der Waals surface area contributed by atoms with Crippen LogP contribution in [0.5, 0.6) is 0 Å². The molecule has 4 heterocycles. The summed E-state index contributed by atoms with van der Waals surface area (Å²) in [5.41, 5.74) is 1.59. The summed E-state index contributed by atoms with van der Waals surface area (Å²) in [5.74, 6) is 0.0944. The largest absolute Gasteiger partial charge is 0.344 e. The van der Waals surface area contributed by atoms with E-state index in [4.69, 9.17) is 0 Å². The summed E-state index contributed by atoms with van der Waals surface area (Å²) in [6.45, 7) is 0.786. The zero-order valence-corrected chi connectivity index (χ0v) is 16.6. The van der Waals surface area contributed by atoms with Crippen LogP contribution in [0.25, 0.3) is 16.2 Å². The molecule has 1 aliphatic rings. The van der Waals surface area contributed by atoms with E-state index in [1.54, 1.807) is 16.6 Å². The Labute approximate surface area is 174 Å². The number of alkyl halides is 2. The van der Waals surface area contributed by atoms with Gasteiger partial charge in [-0.05, 0) is 24.3 Å². The van der Waals surface area contributed by atoms with E-state index in [0.29, 0.717) is 12.4 Å². The monoisotopic (exact) mass is 433 g/mol. The highest BCUT2D eigenvalue weighted by atomic mass is 32.1. The van der Waals surface area contributed by atoms with Crippen molar-refractivity contribution in [3.05, 3.63) is 54.5 Å². The minimum Gasteiger partial charge on any atom is -0.344 e. The summed E-state index contributed by atoms with van der Waals surface area (Å²) < 4.78 is 41.7. The van der Waals surface area contributed by atoms with Gasteiger partial charge in [-0.1, -0.05) is 11.3 Å². The number of hydrogen-bond donors (Lipinski definition) is 0. The van der Waals surface area contributed by atoms with Gasteiger partial charge in [0.05, 0.1) is 18.4 Å². The molecule has 1 fully saturated rings. The summed E-state index contributed by atoms with van der Waals surface area (Å²) >= 11 is 1.49. The summed E-state index contributed by atoms with van der Waals surface area (Å²) in [6.07, 6.45) is 4.55. The van der Waals surface area contributed by atoms with Crippen molar-refractivity contribution in [2.75, 3.05) is 31.1 Å². The lowest BCUT2D eigenvalue weighted by atomic mass is 10.2. The number of piperazine rings is 1. The molecule has 0 radical (unpaired) electrons. The van der Waals surface area contributed by atoms with Crippen molar-refractivity contribution >= 4 is 21.4 Å². The van der Waals surface area contributed by atoms with Crippen molar-refractivity contribution in [3.63, 3.8) is 0 Å². The molecule has 4 aromatic rings. The van der Waals surface area contributed by atoms with Crippen LogP contribution in [0.3, 0.4) is 0 Å². The maximum atomic E-state index is 13.1. The Bertz CT molecular complexity index is 1110. The van der Waals surface area contributed by atoms with Crippen molar-refractivity contribution in [1.82, 2.24) is 29.0 Å².